The van der Waals surface area contributed by atoms with E-state index in [1.165, 1.54) is 24.3 Å². The van der Waals surface area contributed by atoms with Crippen LogP contribution >= 0.6 is 15.9 Å². The Morgan fingerprint density at radius 2 is 1.86 bits per heavy atom. The summed E-state index contributed by atoms with van der Waals surface area (Å²) in [4.78, 5) is 12.2. The Morgan fingerprint density at radius 3 is 2.48 bits per heavy atom. The summed E-state index contributed by atoms with van der Waals surface area (Å²) < 4.78 is 29.0. The van der Waals surface area contributed by atoms with Crippen molar-refractivity contribution in [2.75, 3.05) is 5.32 Å². The van der Waals surface area contributed by atoms with Crippen molar-refractivity contribution in [2.24, 2.45) is 0 Å². The lowest BCUT2D eigenvalue weighted by Crippen LogP contribution is -2.13. The first-order valence-electron chi connectivity index (χ1n) is 6.08. The largest absolute Gasteiger partial charge is 0.435 e. The van der Waals surface area contributed by atoms with Crippen molar-refractivity contribution in [2.45, 2.75) is 13.5 Å². The minimum absolute atomic E-state index is 0.0414. The summed E-state index contributed by atoms with van der Waals surface area (Å²) in [5, 5.41) is 2.69. The van der Waals surface area contributed by atoms with Crippen molar-refractivity contribution in [3.05, 3.63) is 58.1 Å². The lowest BCUT2D eigenvalue weighted by Gasteiger charge is -2.09. The predicted octanol–water partition coefficient (Wildman–Crippen LogP) is 4.61. The highest BCUT2D eigenvalue weighted by Crippen LogP contribution is 2.23. The lowest BCUT2D eigenvalue weighted by atomic mass is 10.1. The van der Waals surface area contributed by atoms with Gasteiger partial charge in [-0.15, -0.1) is 0 Å². The van der Waals surface area contributed by atoms with Gasteiger partial charge in [-0.05, 0) is 58.7 Å². The molecule has 0 heterocycles. The molecule has 0 spiro atoms. The molecule has 1 amide bonds. The van der Waals surface area contributed by atoms with Gasteiger partial charge in [-0.1, -0.05) is 12.1 Å². The maximum Gasteiger partial charge on any atom is 0.387 e. The van der Waals surface area contributed by atoms with Crippen LogP contribution in [0, 0.1) is 6.92 Å². The van der Waals surface area contributed by atoms with Gasteiger partial charge < -0.3 is 10.1 Å². The molecule has 1 N–H and O–H groups in total. The van der Waals surface area contributed by atoms with Crippen LogP contribution in [-0.4, -0.2) is 12.5 Å². The highest BCUT2D eigenvalue weighted by Gasteiger charge is 2.11. The fourth-order valence-corrected chi connectivity index (χ4v) is 2.19. The summed E-state index contributed by atoms with van der Waals surface area (Å²) >= 11 is 3.37. The minimum Gasteiger partial charge on any atom is -0.435 e. The fraction of sp³-hybridized carbons (Fsp3) is 0.133. The molecule has 0 bridgehead atoms. The molecule has 6 heteroatoms. The summed E-state index contributed by atoms with van der Waals surface area (Å²) in [6.07, 6.45) is 0. The molecule has 0 saturated carbocycles. The number of aryl methyl sites for hydroxylation is 1. The third kappa shape index (κ3) is 4.01. The standard InChI is InChI=1S/C15H12BrF2NO2/c1-9-3-2-4-12(13(9)16)14(20)19-10-5-7-11(8-6-10)21-15(17)18/h2-8,15H,1H3,(H,19,20). The predicted molar refractivity (Wildman–Crippen MR) is 79.9 cm³/mol. The van der Waals surface area contributed by atoms with Crippen molar-refractivity contribution < 1.29 is 18.3 Å². The molecule has 0 atom stereocenters. The average molecular weight is 356 g/mol. The third-order valence-corrected chi connectivity index (χ3v) is 3.83. The summed E-state index contributed by atoms with van der Waals surface area (Å²) in [5.74, 6) is -0.243. The molecular weight excluding hydrogens is 344 g/mol. The number of hydrogen-bond acceptors (Lipinski definition) is 2. The zero-order chi connectivity index (χ0) is 15.4. The Morgan fingerprint density at radius 1 is 1.19 bits per heavy atom. The monoisotopic (exact) mass is 355 g/mol. The quantitative estimate of drug-likeness (QED) is 0.869. The number of anilines is 1. The van der Waals surface area contributed by atoms with Crippen LogP contribution in [0.25, 0.3) is 0 Å². The van der Waals surface area contributed by atoms with E-state index in [0.29, 0.717) is 11.3 Å². The Kier molecular flexibility index (Phi) is 4.90. The van der Waals surface area contributed by atoms with E-state index in [4.69, 9.17) is 0 Å². The van der Waals surface area contributed by atoms with E-state index in [2.05, 4.69) is 26.0 Å². The molecule has 0 radical (unpaired) electrons. The van der Waals surface area contributed by atoms with Gasteiger partial charge in [0.1, 0.15) is 5.75 Å². The van der Waals surface area contributed by atoms with Gasteiger partial charge in [0, 0.05) is 10.2 Å². The van der Waals surface area contributed by atoms with Gasteiger partial charge in [-0.3, -0.25) is 4.79 Å². The Hall–Kier alpha value is -1.95. The molecule has 0 aliphatic carbocycles. The van der Waals surface area contributed by atoms with Gasteiger partial charge in [0.05, 0.1) is 5.56 Å². The molecular formula is C15H12BrF2NO2. The van der Waals surface area contributed by atoms with E-state index < -0.39 is 6.61 Å². The van der Waals surface area contributed by atoms with Crippen LogP contribution < -0.4 is 10.1 Å². The van der Waals surface area contributed by atoms with Crippen LogP contribution in [-0.2, 0) is 0 Å². The Balaban J connectivity index is 2.11. The zero-order valence-corrected chi connectivity index (χ0v) is 12.7. The molecule has 2 aromatic carbocycles. The highest BCUT2D eigenvalue weighted by molar-refractivity contribution is 9.10. The normalized spacial score (nSPS) is 10.5. The molecule has 0 fully saturated rings. The number of alkyl halides is 2. The second kappa shape index (κ2) is 6.67. The van der Waals surface area contributed by atoms with E-state index in [0.717, 1.165) is 10.0 Å². The number of hydrogen-bond donors (Lipinski definition) is 1. The van der Waals surface area contributed by atoms with Crippen molar-refractivity contribution in [1.82, 2.24) is 0 Å². The molecule has 21 heavy (non-hydrogen) atoms. The average Bonchev–Trinajstić information content (AvgIpc) is 2.43. The maximum atomic E-state index is 12.2. The number of carbonyl (C=O) groups excluding carboxylic acids is 1. The van der Waals surface area contributed by atoms with Gasteiger partial charge >= 0.3 is 6.61 Å². The molecule has 3 nitrogen and oxygen atoms in total. The second-order valence-electron chi connectivity index (χ2n) is 4.29. The zero-order valence-electron chi connectivity index (χ0n) is 11.1. The first kappa shape index (κ1) is 15.4. The van der Waals surface area contributed by atoms with Crippen molar-refractivity contribution in [3.8, 4) is 5.75 Å². The van der Waals surface area contributed by atoms with E-state index in [1.54, 1.807) is 12.1 Å². The van der Waals surface area contributed by atoms with Gasteiger partial charge in [0.2, 0.25) is 0 Å². The molecule has 0 unspecified atom stereocenters. The SMILES string of the molecule is Cc1cccc(C(=O)Nc2ccc(OC(F)F)cc2)c1Br. The van der Waals surface area contributed by atoms with E-state index in [9.17, 15) is 13.6 Å². The number of rotatable bonds is 4. The number of amides is 1. The first-order chi connectivity index (χ1) is 9.97. The van der Waals surface area contributed by atoms with E-state index >= 15 is 0 Å². The number of halogens is 3. The number of carbonyl (C=O) groups is 1. The lowest BCUT2D eigenvalue weighted by molar-refractivity contribution is -0.0498. The van der Waals surface area contributed by atoms with E-state index in [-0.39, 0.29) is 11.7 Å². The van der Waals surface area contributed by atoms with Crippen molar-refractivity contribution >= 4 is 27.5 Å². The smallest absolute Gasteiger partial charge is 0.387 e. The summed E-state index contributed by atoms with van der Waals surface area (Å²) in [5.41, 5.74) is 1.95. The third-order valence-electron chi connectivity index (χ3n) is 2.77. The molecule has 0 aromatic heterocycles. The molecule has 2 aromatic rings. The summed E-state index contributed by atoms with van der Waals surface area (Å²) in [6, 6.07) is 11.1. The second-order valence-corrected chi connectivity index (χ2v) is 5.09. The van der Waals surface area contributed by atoms with Gasteiger partial charge in [-0.2, -0.15) is 8.78 Å². The Bertz CT molecular complexity index is 645. The number of benzene rings is 2. The van der Waals surface area contributed by atoms with Crippen LogP contribution in [0.5, 0.6) is 5.75 Å². The fourth-order valence-electron chi connectivity index (χ4n) is 1.74. The van der Waals surface area contributed by atoms with E-state index in [1.807, 2.05) is 13.0 Å². The van der Waals surface area contributed by atoms with Gasteiger partial charge in [0.25, 0.3) is 5.91 Å². The molecule has 0 aliphatic heterocycles. The molecule has 0 aliphatic rings. The van der Waals surface area contributed by atoms with Crippen molar-refractivity contribution in [3.63, 3.8) is 0 Å². The number of ether oxygens (including phenoxy) is 1. The number of nitrogens with one attached hydrogen (secondary N) is 1. The van der Waals surface area contributed by atoms with Gasteiger partial charge in [0.15, 0.2) is 0 Å². The van der Waals surface area contributed by atoms with Gasteiger partial charge in [-0.25, -0.2) is 0 Å². The maximum absolute atomic E-state index is 12.2. The Labute approximate surface area is 129 Å². The highest BCUT2D eigenvalue weighted by atomic mass is 79.9. The minimum atomic E-state index is -2.87. The summed E-state index contributed by atoms with van der Waals surface area (Å²) in [7, 11) is 0. The molecule has 110 valence electrons. The topological polar surface area (TPSA) is 38.3 Å². The summed E-state index contributed by atoms with van der Waals surface area (Å²) in [6.45, 7) is -0.981. The van der Waals surface area contributed by atoms with Crippen LogP contribution in [0.2, 0.25) is 0 Å². The van der Waals surface area contributed by atoms with Crippen LogP contribution in [0.4, 0.5) is 14.5 Å². The van der Waals surface area contributed by atoms with Crippen LogP contribution in [0.3, 0.4) is 0 Å². The van der Waals surface area contributed by atoms with Crippen LogP contribution in [0.15, 0.2) is 46.9 Å². The van der Waals surface area contributed by atoms with Crippen LogP contribution in [0.1, 0.15) is 15.9 Å². The molecule has 2 rings (SSSR count). The van der Waals surface area contributed by atoms with Crippen molar-refractivity contribution in [1.29, 1.82) is 0 Å². The first-order valence-corrected chi connectivity index (χ1v) is 6.88. The molecule has 0 saturated heterocycles.